The van der Waals surface area contributed by atoms with Crippen molar-refractivity contribution in [2.75, 3.05) is 0 Å². The summed E-state index contributed by atoms with van der Waals surface area (Å²) >= 11 is 0. The second-order valence-corrected chi connectivity index (χ2v) is 4.78. The Balaban J connectivity index is 2.47. The van der Waals surface area contributed by atoms with Gasteiger partial charge in [-0.05, 0) is 35.1 Å². The summed E-state index contributed by atoms with van der Waals surface area (Å²) in [5.41, 5.74) is 0.799. The summed E-state index contributed by atoms with van der Waals surface area (Å²) in [5, 5.41) is 20.1. The van der Waals surface area contributed by atoms with E-state index < -0.39 is 0 Å². The van der Waals surface area contributed by atoms with Gasteiger partial charge >= 0.3 is 0 Å². The molecule has 0 heterocycles. The van der Waals surface area contributed by atoms with E-state index in [9.17, 15) is 20.1 Å². The quantitative estimate of drug-likeness (QED) is 0.754. The molecule has 4 nitrogen and oxygen atoms in total. The van der Waals surface area contributed by atoms with E-state index in [1.807, 2.05) is 12.1 Å². The van der Waals surface area contributed by atoms with Crippen LogP contribution in [0.3, 0.4) is 0 Å². The molecule has 0 atom stereocenters. The molecule has 1 aliphatic carbocycles. The van der Waals surface area contributed by atoms with Crippen molar-refractivity contribution in [3.05, 3.63) is 65.3 Å². The first-order valence-electron chi connectivity index (χ1n) is 6.50. The van der Waals surface area contributed by atoms with E-state index in [0.29, 0.717) is 10.9 Å². The van der Waals surface area contributed by atoms with Gasteiger partial charge in [0.25, 0.3) is 0 Å². The van der Waals surface area contributed by atoms with E-state index in [0.717, 1.165) is 5.39 Å². The smallest absolute Gasteiger partial charge is 0.186 e. The van der Waals surface area contributed by atoms with Gasteiger partial charge < -0.3 is 0 Å². The van der Waals surface area contributed by atoms with Crippen LogP contribution < -0.4 is 0 Å². The SMILES string of the molecule is N#Cc1cc2ccccc2c(C2=CC(=O)C=CC2=O)c1C#N. The maximum Gasteiger partial charge on any atom is 0.186 e. The highest BCUT2D eigenvalue weighted by atomic mass is 16.1. The minimum Gasteiger partial charge on any atom is -0.290 e. The van der Waals surface area contributed by atoms with Gasteiger partial charge in [-0.25, -0.2) is 0 Å². The van der Waals surface area contributed by atoms with Crippen LogP contribution in [0.4, 0.5) is 0 Å². The number of carbonyl (C=O) groups excluding carboxylic acids is 2. The highest BCUT2D eigenvalue weighted by Gasteiger charge is 2.22. The molecule has 2 aromatic rings. The summed E-state index contributed by atoms with van der Waals surface area (Å²) in [6, 6.07) is 12.7. The molecule has 0 amide bonds. The Labute approximate surface area is 126 Å². The van der Waals surface area contributed by atoms with Crippen molar-refractivity contribution in [3.8, 4) is 12.1 Å². The second-order valence-electron chi connectivity index (χ2n) is 4.78. The molecule has 0 N–H and O–H groups in total. The number of carbonyl (C=O) groups is 2. The first kappa shape index (κ1) is 13.5. The minimum atomic E-state index is -0.351. The normalized spacial score (nSPS) is 13.6. The third-order valence-corrected chi connectivity index (χ3v) is 3.50. The van der Waals surface area contributed by atoms with Gasteiger partial charge in [0.05, 0.1) is 11.1 Å². The summed E-state index contributed by atoms with van der Waals surface area (Å²) in [5.74, 6) is -0.665. The molecule has 0 fully saturated rings. The van der Waals surface area contributed by atoms with Gasteiger partial charge in [-0.2, -0.15) is 10.5 Å². The van der Waals surface area contributed by atoms with Gasteiger partial charge in [0, 0.05) is 11.1 Å². The molecule has 2 aromatic carbocycles. The van der Waals surface area contributed by atoms with Gasteiger partial charge in [-0.1, -0.05) is 24.3 Å². The van der Waals surface area contributed by atoms with Crippen molar-refractivity contribution in [1.29, 1.82) is 10.5 Å². The standard InChI is InChI=1S/C18H8N2O2/c19-9-12-7-11-3-1-2-4-14(11)18(16(12)10-20)15-8-13(21)5-6-17(15)22/h1-8H. The van der Waals surface area contributed by atoms with Crippen molar-refractivity contribution in [2.45, 2.75) is 0 Å². The largest absolute Gasteiger partial charge is 0.290 e. The van der Waals surface area contributed by atoms with Crippen LogP contribution in [0.1, 0.15) is 16.7 Å². The van der Waals surface area contributed by atoms with Crippen LogP contribution in [0.5, 0.6) is 0 Å². The van der Waals surface area contributed by atoms with Crippen molar-refractivity contribution in [2.24, 2.45) is 0 Å². The molecule has 102 valence electrons. The van der Waals surface area contributed by atoms with Crippen molar-refractivity contribution < 1.29 is 9.59 Å². The lowest BCUT2D eigenvalue weighted by molar-refractivity contribution is -0.113. The topological polar surface area (TPSA) is 81.7 Å². The maximum atomic E-state index is 12.2. The fraction of sp³-hybridized carbons (Fsp3) is 0. The molecule has 22 heavy (non-hydrogen) atoms. The number of benzene rings is 2. The van der Waals surface area contributed by atoms with Crippen molar-refractivity contribution >= 4 is 27.9 Å². The van der Waals surface area contributed by atoms with Gasteiger partial charge in [-0.3, -0.25) is 9.59 Å². The molecule has 0 saturated carbocycles. The highest BCUT2D eigenvalue weighted by Crippen LogP contribution is 2.32. The third-order valence-electron chi connectivity index (χ3n) is 3.50. The fourth-order valence-corrected chi connectivity index (χ4v) is 2.54. The Morgan fingerprint density at radius 1 is 0.955 bits per heavy atom. The summed E-state index contributed by atoms with van der Waals surface area (Å²) in [6.45, 7) is 0. The van der Waals surface area contributed by atoms with Crippen LogP contribution in [-0.4, -0.2) is 11.6 Å². The zero-order valence-electron chi connectivity index (χ0n) is 11.3. The number of allylic oxidation sites excluding steroid dienone is 4. The predicted octanol–water partition coefficient (Wildman–Crippen LogP) is 2.67. The molecule has 0 spiro atoms. The molecule has 0 radical (unpaired) electrons. The molecule has 0 unspecified atom stereocenters. The van der Waals surface area contributed by atoms with E-state index >= 15 is 0 Å². The zero-order chi connectivity index (χ0) is 15.7. The van der Waals surface area contributed by atoms with Crippen LogP contribution in [0.15, 0.2) is 48.6 Å². The predicted molar refractivity (Wildman–Crippen MR) is 80.5 cm³/mol. The van der Waals surface area contributed by atoms with Crippen LogP contribution in [0.2, 0.25) is 0 Å². The first-order valence-corrected chi connectivity index (χ1v) is 6.50. The van der Waals surface area contributed by atoms with Crippen LogP contribution in [-0.2, 0) is 9.59 Å². The maximum absolute atomic E-state index is 12.2. The molecule has 0 aliphatic heterocycles. The van der Waals surface area contributed by atoms with Crippen molar-refractivity contribution in [3.63, 3.8) is 0 Å². The Morgan fingerprint density at radius 2 is 1.73 bits per heavy atom. The monoisotopic (exact) mass is 284 g/mol. The summed E-state index contributed by atoms with van der Waals surface area (Å²) in [6.07, 6.45) is 3.59. The van der Waals surface area contributed by atoms with E-state index in [4.69, 9.17) is 0 Å². The molecule has 0 saturated heterocycles. The average molecular weight is 284 g/mol. The zero-order valence-corrected chi connectivity index (χ0v) is 11.3. The Hall–Kier alpha value is -3.50. The molecule has 4 heteroatoms. The number of fused-ring (bicyclic) bond motifs is 1. The van der Waals surface area contributed by atoms with Gasteiger partial charge in [0.1, 0.15) is 12.1 Å². The van der Waals surface area contributed by atoms with E-state index in [1.54, 1.807) is 30.3 Å². The fourth-order valence-electron chi connectivity index (χ4n) is 2.54. The minimum absolute atomic E-state index is 0.115. The van der Waals surface area contributed by atoms with E-state index in [1.165, 1.54) is 18.2 Å². The number of nitrogens with zero attached hydrogens (tertiary/aromatic N) is 2. The highest BCUT2D eigenvalue weighted by molar-refractivity contribution is 6.36. The Morgan fingerprint density at radius 3 is 2.45 bits per heavy atom. The number of ketones is 2. The first-order chi connectivity index (χ1) is 10.7. The van der Waals surface area contributed by atoms with Gasteiger partial charge in [0.2, 0.25) is 0 Å². The van der Waals surface area contributed by atoms with Crippen LogP contribution in [0, 0.1) is 22.7 Å². The molecule has 3 rings (SSSR count). The molecule has 0 bridgehead atoms. The van der Waals surface area contributed by atoms with E-state index in [2.05, 4.69) is 0 Å². The lowest BCUT2D eigenvalue weighted by Gasteiger charge is -2.13. The van der Waals surface area contributed by atoms with Crippen LogP contribution in [0.25, 0.3) is 16.3 Å². The number of hydrogen-bond donors (Lipinski definition) is 0. The lowest BCUT2D eigenvalue weighted by Crippen LogP contribution is -2.09. The summed E-state index contributed by atoms with van der Waals surface area (Å²) in [7, 11) is 0. The number of nitriles is 2. The van der Waals surface area contributed by atoms with Crippen LogP contribution >= 0.6 is 0 Å². The summed E-state index contributed by atoms with van der Waals surface area (Å²) in [4.78, 5) is 23.8. The summed E-state index contributed by atoms with van der Waals surface area (Å²) < 4.78 is 0. The number of hydrogen-bond acceptors (Lipinski definition) is 4. The average Bonchev–Trinajstić information content (AvgIpc) is 2.55. The van der Waals surface area contributed by atoms with E-state index in [-0.39, 0.29) is 28.3 Å². The molecule has 0 aromatic heterocycles. The van der Waals surface area contributed by atoms with Gasteiger partial charge in [-0.15, -0.1) is 0 Å². The molecular formula is C18H8N2O2. The molecule has 1 aliphatic rings. The van der Waals surface area contributed by atoms with Gasteiger partial charge in [0.15, 0.2) is 11.6 Å². The van der Waals surface area contributed by atoms with Crippen molar-refractivity contribution in [1.82, 2.24) is 0 Å². The Kier molecular flexibility index (Phi) is 3.14. The second kappa shape index (κ2) is 5.12. The third kappa shape index (κ3) is 2.00. The molecular weight excluding hydrogens is 276 g/mol. The Bertz CT molecular complexity index is 983. The lowest BCUT2D eigenvalue weighted by atomic mass is 9.86. The number of rotatable bonds is 1.